The van der Waals surface area contributed by atoms with E-state index in [9.17, 15) is 0 Å². The van der Waals surface area contributed by atoms with Crippen molar-refractivity contribution >= 4 is 0 Å². The van der Waals surface area contributed by atoms with Gasteiger partial charge in [-0.05, 0) is 12.5 Å². The molecular formula is C12H15N3. The normalized spacial score (nSPS) is 14.8. The fourth-order valence-electron chi connectivity index (χ4n) is 1.65. The molecule has 0 saturated heterocycles. The standard InChI is InChI=1S/C12H15N3/c1-10(15-8-7-14-9-15)12(13)11-5-3-2-4-6-11/h2-10,12H,13H2,1H3. The first-order valence-corrected chi connectivity index (χ1v) is 5.07. The van der Waals surface area contributed by atoms with Gasteiger partial charge in [0.2, 0.25) is 0 Å². The number of nitrogens with zero attached hydrogens (tertiary/aromatic N) is 2. The van der Waals surface area contributed by atoms with E-state index in [1.807, 2.05) is 29.0 Å². The number of imidazole rings is 1. The quantitative estimate of drug-likeness (QED) is 0.826. The Kier molecular flexibility index (Phi) is 2.83. The van der Waals surface area contributed by atoms with E-state index in [1.54, 1.807) is 12.5 Å². The minimum absolute atomic E-state index is 0.000370. The highest BCUT2D eigenvalue weighted by atomic mass is 15.1. The number of nitrogens with two attached hydrogens (primary N) is 1. The summed E-state index contributed by atoms with van der Waals surface area (Å²) in [5.74, 6) is 0. The van der Waals surface area contributed by atoms with Crippen molar-refractivity contribution in [3.05, 3.63) is 54.6 Å². The highest BCUT2D eigenvalue weighted by Crippen LogP contribution is 2.22. The van der Waals surface area contributed by atoms with E-state index in [0.717, 1.165) is 5.56 Å². The molecule has 1 aromatic carbocycles. The van der Waals surface area contributed by atoms with Gasteiger partial charge in [0, 0.05) is 12.4 Å². The highest BCUT2D eigenvalue weighted by Gasteiger charge is 2.15. The smallest absolute Gasteiger partial charge is 0.0949 e. The number of rotatable bonds is 3. The molecule has 2 aromatic rings. The Balaban J connectivity index is 2.18. The predicted molar refractivity (Wildman–Crippen MR) is 60.3 cm³/mol. The summed E-state index contributed by atoms with van der Waals surface area (Å²) < 4.78 is 2.03. The van der Waals surface area contributed by atoms with Crippen LogP contribution in [0.2, 0.25) is 0 Å². The Bertz CT molecular complexity index is 394. The lowest BCUT2D eigenvalue weighted by molar-refractivity contribution is 0.453. The Morgan fingerprint density at radius 3 is 2.60 bits per heavy atom. The van der Waals surface area contributed by atoms with Crippen LogP contribution < -0.4 is 5.73 Å². The summed E-state index contributed by atoms with van der Waals surface area (Å²) in [6.45, 7) is 2.10. The summed E-state index contributed by atoms with van der Waals surface area (Å²) in [7, 11) is 0. The summed E-state index contributed by atoms with van der Waals surface area (Å²) in [5.41, 5.74) is 7.33. The lowest BCUT2D eigenvalue weighted by Crippen LogP contribution is -2.21. The minimum Gasteiger partial charge on any atom is -0.333 e. The third-order valence-electron chi connectivity index (χ3n) is 2.70. The van der Waals surface area contributed by atoms with Crippen molar-refractivity contribution in [2.45, 2.75) is 19.0 Å². The van der Waals surface area contributed by atoms with Gasteiger partial charge in [0.15, 0.2) is 0 Å². The fraction of sp³-hybridized carbons (Fsp3) is 0.250. The van der Waals surface area contributed by atoms with Gasteiger partial charge in [-0.15, -0.1) is 0 Å². The SMILES string of the molecule is CC(C(N)c1ccccc1)n1ccnc1. The molecule has 78 valence electrons. The largest absolute Gasteiger partial charge is 0.333 e. The molecule has 0 radical (unpaired) electrons. The molecule has 2 unspecified atom stereocenters. The van der Waals surface area contributed by atoms with E-state index >= 15 is 0 Å². The van der Waals surface area contributed by atoms with Gasteiger partial charge >= 0.3 is 0 Å². The molecule has 0 fully saturated rings. The summed E-state index contributed by atoms with van der Waals surface area (Å²) in [4.78, 5) is 4.03. The van der Waals surface area contributed by atoms with E-state index in [0.29, 0.717) is 0 Å². The summed E-state index contributed by atoms with van der Waals surface area (Å²) in [6.07, 6.45) is 5.51. The predicted octanol–water partition coefficient (Wildman–Crippen LogP) is 2.14. The third-order valence-corrected chi connectivity index (χ3v) is 2.70. The van der Waals surface area contributed by atoms with Crippen LogP contribution in [0.5, 0.6) is 0 Å². The van der Waals surface area contributed by atoms with Crippen molar-refractivity contribution in [3.8, 4) is 0 Å². The average Bonchev–Trinajstić information content (AvgIpc) is 2.82. The summed E-state index contributed by atoms with van der Waals surface area (Å²) >= 11 is 0. The highest BCUT2D eigenvalue weighted by molar-refractivity contribution is 5.19. The maximum absolute atomic E-state index is 6.18. The minimum atomic E-state index is 0.000370. The molecule has 1 heterocycles. The zero-order valence-electron chi connectivity index (χ0n) is 8.75. The molecule has 0 aliphatic rings. The molecule has 0 bridgehead atoms. The molecular weight excluding hydrogens is 186 g/mol. The van der Waals surface area contributed by atoms with Gasteiger partial charge in [0.1, 0.15) is 0 Å². The first-order chi connectivity index (χ1) is 7.29. The van der Waals surface area contributed by atoms with Gasteiger partial charge in [-0.1, -0.05) is 30.3 Å². The van der Waals surface area contributed by atoms with Gasteiger partial charge in [0.05, 0.1) is 18.4 Å². The number of hydrogen-bond donors (Lipinski definition) is 1. The van der Waals surface area contributed by atoms with Crippen molar-refractivity contribution in [2.24, 2.45) is 5.73 Å². The lowest BCUT2D eigenvalue weighted by Gasteiger charge is -2.21. The van der Waals surface area contributed by atoms with E-state index in [2.05, 4.69) is 24.0 Å². The molecule has 3 heteroatoms. The molecule has 2 rings (SSSR count). The maximum Gasteiger partial charge on any atom is 0.0949 e. The molecule has 0 spiro atoms. The van der Waals surface area contributed by atoms with Gasteiger partial charge in [-0.3, -0.25) is 0 Å². The van der Waals surface area contributed by atoms with Gasteiger partial charge in [-0.25, -0.2) is 4.98 Å². The second-order valence-corrected chi connectivity index (χ2v) is 3.69. The average molecular weight is 201 g/mol. The second-order valence-electron chi connectivity index (χ2n) is 3.69. The first-order valence-electron chi connectivity index (χ1n) is 5.07. The van der Waals surface area contributed by atoms with Gasteiger partial charge in [0.25, 0.3) is 0 Å². The molecule has 3 nitrogen and oxygen atoms in total. The Morgan fingerprint density at radius 1 is 1.27 bits per heavy atom. The maximum atomic E-state index is 6.18. The van der Waals surface area contributed by atoms with Crippen LogP contribution in [0.4, 0.5) is 0 Å². The number of hydrogen-bond acceptors (Lipinski definition) is 2. The van der Waals surface area contributed by atoms with Crippen LogP contribution in [-0.2, 0) is 0 Å². The Hall–Kier alpha value is -1.61. The lowest BCUT2D eigenvalue weighted by atomic mass is 10.0. The Labute approximate surface area is 89.6 Å². The van der Waals surface area contributed by atoms with Crippen LogP contribution in [0, 0.1) is 0 Å². The van der Waals surface area contributed by atoms with Crippen molar-refractivity contribution in [1.29, 1.82) is 0 Å². The van der Waals surface area contributed by atoms with Gasteiger partial charge in [-0.2, -0.15) is 0 Å². The molecule has 0 aliphatic carbocycles. The first kappa shape index (κ1) is 9.93. The van der Waals surface area contributed by atoms with Crippen molar-refractivity contribution < 1.29 is 0 Å². The molecule has 0 amide bonds. The van der Waals surface area contributed by atoms with Crippen LogP contribution in [-0.4, -0.2) is 9.55 Å². The van der Waals surface area contributed by atoms with Crippen molar-refractivity contribution in [2.75, 3.05) is 0 Å². The summed E-state index contributed by atoms with van der Waals surface area (Å²) in [5, 5.41) is 0. The van der Waals surface area contributed by atoms with E-state index in [1.165, 1.54) is 0 Å². The number of benzene rings is 1. The van der Waals surface area contributed by atoms with Crippen LogP contribution in [0.25, 0.3) is 0 Å². The monoisotopic (exact) mass is 201 g/mol. The zero-order chi connectivity index (χ0) is 10.7. The van der Waals surface area contributed by atoms with E-state index < -0.39 is 0 Å². The molecule has 15 heavy (non-hydrogen) atoms. The summed E-state index contributed by atoms with van der Waals surface area (Å²) in [6, 6.07) is 10.3. The third kappa shape index (κ3) is 2.07. The van der Waals surface area contributed by atoms with Crippen LogP contribution in [0.1, 0.15) is 24.6 Å². The Morgan fingerprint density at radius 2 is 2.00 bits per heavy atom. The molecule has 1 aromatic heterocycles. The fourth-order valence-corrected chi connectivity index (χ4v) is 1.65. The van der Waals surface area contributed by atoms with Crippen LogP contribution in [0.15, 0.2) is 49.1 Å². The zero-order valence-corrected chi connectivity index (χ0v) is 8.75. The van der Waals surface area contributed by atoms with E-state index in [-0.39, 0.29) is 12.1 Å². The van der Waals surface area contributed by atoms with Crippen LogP contribution >= 0.6 is 0 Å². The van der Waals surface area contributed by atoms with Crippen molar-refractivity contribution in [1.82, 2.24) is 9.55 Å². The second kappa shape index (κ2) is 4.28. The van der Waals surface area contributed by atoms with Crippen molar-refractivity contribution in [3.63, 3.8) is 0 Å². The van der Waals surface area contributed by atoms with Crippen LogP contribution in [0.3, 0.4) is 0 Å². The van der Waals surface area contributed by atoms with Gasteiger partial charge < -0.3 is 10.3 Å². The van der Waals surface area contributed by atoms with E-state index in [4.69, 9.17) is 5.73 Å². The molecule has 2 atom stereocenters. The molecule has 0 saturated carbocycles. The topological polar surface area (TPSA) is 43.8 Å². The number of aromatic nitrogens is 2. The molecule has 2 N–H and O–H groups in total. The molecule has 0 aliphatic heterocycles.